The smallest absolute Gasteiger partial charge is 0.236 e. The number of halogens is 4. The predicted molar refractivity (Wildman–Crippen MR) is 102 cm³/mol. The Kier molecular flexibility index (Phi) is 11.7. The van der Waals surface area contributed by atoms with Crippen LogP contribution >= 0.6 is 48.0 Å². The Bertz CT molecular complexity index is 514. The predicted octanol–water partition coefficient (Wildman–Crippen LogP) is 2.12. The van der Waals surface area contributed by atoms with Crippen molar-refractivity contribution in [2.75, 3.05) is 57.9 Å². The fourth-order valence-corrected chi connectivity index (χ4v) is 2.79. The molecular weight excluding hydrogens is 398 g/mol. The quantitative estimate of drug-likeness (QED) is 0.715. The van der Waals surface area contributed by atoms with E-state index in [1.165, 1.54) is 0 Å². The van der Waals surface area contributed by atoms with Crippen molar-refractivity contribution in [1.82, 2.24) is 15.2 Å². The number of carbonyl (C=O) groups excluding carboxylic acids is 1. The number of piperazine rings is 1. The summed E-state index contributed by atoms with van der Waals surface area (Å²) in [6.07, 6.45) is 1.58. The van der Waals surface area contributed by atoms with Gasteiger partial charge in [0, 0.05) is 46.0 Å². The van der Waals surface area contributed by atoms with Crippen molar-refractivity contribution in [3.05, 3.63) is 22.3 Å². The van der Waals surface area contributed by atoms with Crippen molar-refractivity contribution >= 4 is 59.7 Å². The van der Waals surface area contributed by atoms with Gasteiger partial charge >= 0.3 is 0 Å². The Morgan fingerprint density at radius 3 is 2.54 bits per heavy atom. The summed E-state index contributed by atoms with van der Waals surface area (Å²) in [5.41, 5.74) is 0. The van der Waals surface area contributed by atoms with E-state index in [9.17, 15) is 4.79 Å². The maximum absolute atomic E-state index is 12.1. The maximum atomic E-state index is 12.1. The number of rotatable bonds is 6. The molecule has 0 unspecified atom stereocenters. The van der Waals surface area contributed by atoms with Crippen LogP contribution in [-0.2, 0) is 9.53 Å². The number of nitrogens with zero attached hydrogens (tertiary/aromatic N) is 3. The zero-order chi connectivity index (χ0) is 15.9. The largest absolute Gasteiger partial charge is 0.383 e. The highest BCUT2D eigenvalue weighted by atomic mass is 35.5. The lowest BCUT2D eigenvalue weighted by Gasteiger charge is -2.35. The summed E-state index contributed by atoms with van der Waals surface area (Å²) in [5.74, 6) is 0.822. The fraction of sp³-hybridized carbons (Fsp3) is 0.571. The number of nitrogens with one attached hydrogen (secondary N) is 1. The first-order valence-corrected chi connectivity index (χ1v) is 7.91. The van der Waals surface area contributed by atoms with Crippen LogP contribution in [0.25, 0.3) is 0 Å². The molecule has 1 N–H and O–H groups in total. The third-order valence-corrected chi connectivity index (χ3v) is 3.96. The fourth-order valence-electron chi connectivity index (χ4n) is 2.29. The van der Waals surface area contributed by atoms with E-state index in [1.807, 2.05) is 4.90 Å². The average molecular weight is 420 g/mol. The van der Waals surface area contributed by atoms with E-state index in [0.29, 0.717) is 55.9 Å². The van der Waals surface area contributed by atoms with Gasteiger partial charge in [0.15, 0.2) is 0 Å². The lowest BCUT2D eigenvalue weighted by atomic mass is 10.3. The minimum Gasteiger partial charge on any atom is -0.383 e. The molecule has 0 saturated carbocycles. The molecule has 0 aliphatic carbocycles. The summed E-state index contributed by atoms with van der Waals surface area (Å²) in [4.78, 5) is 20.3. The first-order chi connectivity index (χ1) is 10.6. The van der Waals surface area contributed by atoms with Gasteiger partial charge in [0.2, 0.25) is 5.91 Å². The molecule has 1 aliphatic heterocycles. The standard InChI is InChI=1S/C14H20Cl2N4O2.2ClH/c1-22-7-2-17-10-13(21)19-3-5-20(6-4-19)14-12(16)8-11(15)9-18-14;;/h8-9,17H,2-7,10H2,1H3;2*1H. The van der Waals surface area contributed by atoms with Gasteiger partial charge in [-0.1, -0.05) is 23.2 Å². The second-order valence-corrected chi connectivity index (χ2v) is 5.84. The molecule has 0 aromatic carbocycles. The molecule has 0 atom stereocenters. The van der Waals surface area contributed by atoms with Crippen LogP contribution in [0, 0.1) is 0 Å². The van der Waals surface area contributed by atoms with E-state index >= 15 is 0 Å². The summed E-state index contributed by atoms with van der Waals surface area (Å²) >= 11 is 12.0. The normalized spacial score (nSPS) is 14.0. The molecule has 0 bridgehead atoms. The topological polar surface area (TPSA) is 57.7 Å². The van der Waals surface area contributed by atoms with Gasteiger partial charge in [0.05, 0.1) is 23.2 Å². The van der Waals surface area contributed by atoms with Gasteiger partial charge in [-0.15, -0.1) is 24.8 Å². The van der Waals surface area contributed by atoms with E-state index in [0.717, 1.165) is 5.82 Å². The number of pyridine rings is 1. The molecular formula is C14H22Cl4N4O2. The molecule has 6 nitrogen and oxygen atoms in total. The minimum atomic E-state index is 0. The second-order valence-electron chi connectivity index (χ2n) is 5.00. The van der Waals surface area contributed by atoms with E-state index in [1.54, 1.807) is 19.4 Å². The molecule has 10 heteroatoms. The molecule has 0 radical (unpaired) electrons. The number of hydrogen-bond acceptors (Lipinski definition) is 5. The zero-order valence-electron chi connectivity index (χ0n) is 13.3. The first kappa shape index (κ1) is 23.5. The van der Waals surface area contributed by atoms with E-state index in [4.69, 9.17) is 27.9 Å². The molecule has 24 heavy (non-hydrogen) atoms. The number of hydrogen-bond donors (Lipinski definition) is 1. The van der Waals surface area contributed by atoms with Gasteiger partial charge in [0.25, 0.3) is 0 Å². The van der Waals surface area contributed by atoms with Gasteiger partial charge in [-0.25, -0.2) is 4.98 Å². The van der Waals surface area contributed by atoms with Crippen LogP contribution in [-0.4, -0.2) is 68.8 Å². The van der Waals surface area contributed by atoms with Gasteiger partial charge in [0.1, 0.15) is 5.82 Å². The third-order valence-electron chi connectivity index (χ3n) is 3.48. The number of ether oxygens (including phenoxy) is 1. The highest BCUT2D eigenvalue weighted by molar-refractivity contribution is 6.36. The van der Waals surface area contributed by atoms with Gasteiger partial charge < -0.3 is 19.9 Å². The monoisotopic (exact) mass is 418 g/mol. The van der Waals surface area contributed by atoms with Crippen LogP contribution < -0.4 is 10.2 Å². The molecule has 1 aromatic heterocycles. The molecule has 1 saturated heterocycles. The molecule has 2 heterocycles. The number of carbonyl (C=O) groups is 1. The molecule has 0 spiro atoms. The summed E-state index contributed by atoms with van der Waals surface area (Å²) in [5, 5.41) is 4.12. The SMILES string of the molecule is COCCNCC(=O)N1CCN(c2ncc(Cl)cc2Cl)CC1.Cl.Cl. The molecule has 138 valence electrons. The van der Waals surface area contributed by atoms with Crippen molar-refractivity contribution in [3.63, 3.8) is 0 Å². The van der Waals surface area contributed by atoms with Gasteiger partial charge in [-0.3, -0.25) is 4.79 Å². The van der Waals surface area contributed by atoms with Crippen LogP contribution in [0.2, 0.25) is 10.0 Å². The number of methoxy groups -OCH3 is 1. The van der Waals surface area contributed by atoms with E-state index in [-0.39, 0.29) is 30.7 Å². The summed E-state index contributed by atoms with van der Waals surface area (Å²) < 4.78 is 4.93. The lowest BCUT2D eigenvalue weighted by molar-refractivity contribution is -0.130. The highest BCUT2D eigenvalue weighted by Gasteiger charge is 2.22. The van der Waals surface area contributed by atoms with E-state index < -0.39 is 0 Å². The Labute approximate surface area is 164 Å². The summed E-state index contributed by atoms with van der Waals surface area (Å²) in [6.45, 7) is 4.34. The van der Waals surface area contributed by atoms with Crippen LogP contribution in [0.4, 0.5) is 5.82 Å². The Balaban J connectivity index is 0.00000264. The molecule has 1 aromatic rings. The first-order valence-electron chi connectivity index (χ1n) is 7.15. The van der Waals surface area contributed by atoms with Crippen LogP contribution in [0.3, 0.4) is 0 Å². The Morgan fingerprint density at radius 2 is 1.96 bits per heavy atom. The molecule has 1 aliphatic rings. The molecule has 2 rings (SSSR count). The van der Waals surface area contributed by atoms with Crippen molar-refractivity contribution in [2.45, 2.75) is 0 Å². The van der Waals surface area contributed by atoms with Crippen LogP contribution in [0.15, 0.2) is 12.3 Å². The zero-order valence-corrected chi connectivity index (χ0v) is 16.5. The van der Waals surface area contributed by atoms with Crippen molar-refractivity contribution in [3.8, 4) is 0 Å². The van der Waals surface area contributed by atoms with Gasteiger partial charge in [-0.2, -0.15) is 0 Å². The van der Waals surface area contributed by atoms with Gasteiger partial charge in [-0.05, 0) is 6.07 Å². The Hall–Kier alpha value is -0.500. The Morgan fingerprint density at radius 1 is 1.29 bits per heavy atom. The lowest BCUT2D eigenvalue weighted by Crippen LogP contribution is -2.51. The highest BCUT2D eigenvalue weighted by Crippen LogP contribution is 2.26. The van der Waals surface area contributed by atoms with Crippen LogP contribution in [0.1, 0.15) is 0 Å². The van der Waals surface area contributed by atoms with Crippen molar-refractivity contribution < 1.29 is 9.53 Å². The van der Waals surface area contributed by atoms with E-state index in [2.05, 4.69) is 15.2 Å². The average Bonchev–Trinajstić information content (AvgIpc) is 2.52. The molecule has 1 amide bonds. The third kappa shape index (κ3) is 6.78. The number of aromatic nitrogens is 1. The van der Waals surface area contributed by atoms with Crippen molar-refractivity contribution in [2.24, 2.45) is 0 Å². The maximum Gasteiger partial charge on any atom is 0.236 e. The minimum absolute atomic E-state index is 0. The summed E-state index contributed by atoms with van der Waals surface area (Å²) in [6, 6.07) is 1.68. The van der Waals surface area contributed by atoms with Crippen LogP contribution in [0.5, 0.6) is 0 Å². The second kappa shape index (κ2) is 12.0. The molecule has 1 fully saturated rings. The number of anilines is 1. The van der Waals surface area contributed by atoms with Crippen molar-refractivity contribution in [1.29, 1.82) is 0 Å². The number of amides is 1. The summed E-state index contributed by atoms with van der Waals surface area (Å²) in [7, 11) is 1.64.